The first kappa shape index (κ1) is 16.3. The normalized spacial score (nSPS) is 10.4. The van der Waals surface area contributed by atoms with Crippen LogP contribution in [-0.2, 0) is 0 Å². The van der Waals surface area contributed by atoms with Gasteiger partial charge in [-0.25, -0.2) is 4.79 Å². The van der Waals surface area contributed by atoms with Crippen molar-refractivity contribution >= 4 is 11.7 Å². The van der Waals surface area contributed by atoms with E-state index in [1.807, 2.05) is 18.2 Å². The molecule has 0 radical (unpaired) electrons. The smallest absolute Gasteiger partial charge is 0.319 e. The summed E-state index contributed by atoms with van der Waals surface area (Å²) in [6.45, 7) is 8.07. The molecule has 112 valence electrons. The van der Waals surface area contributed by atoms with Gasteiger partial charge in [0.15, 0.2) is 0 Å². The van der Waals surface area contributed by atoms with Crippen LogP contribution in [0.15, 0.2) is 24.3 Å². The molecule has 1 aromatic carbocycles. The zero-order chi connectivity index (χ0) is 14.8. The number of methoxy groups -OCH3 is 1. The van der Waals surface area contributed by atoms with Gasteiger partial charge in [0.05, 0.1) is 7.11 Å². The molecule has 0 unspecified atom stereocenters. The van der Waals surface area contributed by atoms with E-state index in [4.69, 9.17) is 4.74 Å². The van der Waals surface area contributed by atoms with Crippen molar-refractivity contribution in [2.75, 3.05) is 38.6 Å². The van der Waals surface area contributed by atoms with Crippen LogP contribution in [0.2, 0.25) is 0 Å². The third-order valence-electron chi connectivity index (χ3n) is 3.16. The lowest BCUT2D eigenvalue weighted by molar-refractivity contribution is 0.250. The summed E-state index contributed by atoms with van der Waals surface area (Å²) in [6.07, 6.45) is 0.952. The van der Waals surface area contributed by atoms with E-state index in [2.05, 4.69) is 29.4 Å². The number of ether oxygens (including phenoxy) is 1. The molecule has 0 atom stereocenters. The quantitative estimate of drug-likeness (QED) is 0.719. The molecular formula is C15H25N3O2. The number of rotatable bonds is 8. The fraction of sp³-hybridized carbons (Fsp3) is 0.533. The lowest BCUT2D eigenvalue weighted by Gasteiger charge is -2.17. The van der Waals surface area contributed by atoms with Gasteiger partial charge in [-0.15, -0.1) is 0 Å². The van der Waals surface area contributed by atoms with Crippen molar-refractivity contribution in [3.05, 3.63) is 24.3 Å². The van der Waals surface area contributed by atoms with Gasteiger partial charge >= 0.3 is 6.03 Å². The van der Waals surface area contributed by atoms with Crippen LogP contribution in [0.25, 0.3) is 0 Å². The zero-order valence-corrected chi connectivity index (χ0v) is 12.6. The Morgan fingerprint density at radius 2 is 2.05 bits per heavy atom. The van der Waals surface area contributed by atoms with Crippen LogP contribution < -0.4 is 15.4 Å². The highest BCUT2D eigenvalue weighted by atomic mass is 16.5. The standard InChI is InChI=1S/C15H25N3O2/c1-4-18(5-2)11-7-10-16-15(19)17-13-8-6-9-14(12-13)20-3/h6,8-9,12H,4-5,7,10-11H2,1-3H3,(H2,16,17,19). The summed E-state index contributed by atoms with van der Waals surface area (Å²) >= 11 is 0. The average molecular weight is 279 g/mol. The van der Waals surface area contributed by atoms with E-state index < -0.39 is 0 Å². The van der Waals surface area contributed by atoms with Crippen LogP contribution in [0, 0.1) is 0 Å². The Kier molecular flexibility index (Phi) is 7.50. The third-order valence-corrected chi connectivity index (χ3v) is 3.16. The maximum atomic E-state index is 11.7. The minimum Gasteiger partial charge on any atom is -0.497 e. The number of carbonyl (C=O) groups is 1. The molecule has 0 aromatic heterocycles. The second kappa shape index (κ2) is 9.20. The number of nitrogens with one attached hydrogen (secondary N) is 2. The van der Waals surface area contributed by atoms with Gasteiger partial charge < -0.3 is 20.3 Å². The second-order valence-corrected chi connectivity index (χ2v) is 4.49. The Morgan fingerprint density at radius 1 is 1.30 bits per heavy atom. The molecule has 1 aromatic rings. The summed E-state index contributed by atoms with van der Waals surface area (Å²) in [5.74, 6) is 0.726. The summed E-state index contributed by atoms with van der Waals surface area (Å²) in [4.78, 5) is 14.1. The predicted octanol–water partition coefficient (Wildman–Crippen LogP) is 2.55. The van der Waals surface area contributed by atoms with Gasteiger partial charge in [0, 0.05) is 18.3 Å². The molecule has 0 saturated heterocycles. The van der Waals surface area contributed by atoms with E-state index >= 15 is 0 Å². The van der Waals surface area contributed by atoms with Crippen LogP contribution in [-0.4, -0.2) is 44.2 Å². The average Bonchev–Trinajstić information content (AvgIpc) is 2.47. The number of amides is 2. The number of hydrogen-bond donors (Lipinski definition) is 2. The molecule has 5 heteroatoms. The van der Waals surface area contributed by atoms with E-state index in [0.717, 1.165) is 37.5 Å². The minimum absolute atomic E-state index is 0.183. The highest BCUT2D eigenvalue weighted by Gasteiger charge is 2.03. The molecular weight excluding hydrogens is 254 g/mol. The van der Waals surface area contributed by atoms with Crippen molar-refractivity contribution in [3.8, 4) is 5.75 Å². The Labute approximate surface area is 121 Å². The number of hydrogen-bond acceptors (Lipinski definition) is 3. The van der Waals surface area contributed by atoms with Crippen molar-refractivity contribution in [1.82, 2.24) is 10.2 Å². The zero-order valence-electron chi connectivity index (χ0n) is 12.6. The molecule has 0 aliphatic carbocycles. The van der Waals surface area contributed by atoms with Crippen LogP contribution >= 0.6 is 0 Å². The fourth-order valence-electron chi connectivity index (χ4n) is 1.92. The van der Waals surface area contributed by atoms with Crippen molar-refractivity contribution in [1.29, 1.82) is 0 Å². The second-order valence-electron chi connectivity index (χ2n) is 4.49. The first-order valence-corrected chi connectivity index (χ1v) is 7.10. The van der Waals surface area contributed by atoms with Crippen molar-refractivity contribution in [2.24, 2.45) is 0 Å². The first-order valence-electron chi connectivity index (χ1n) is 7.10. The molecule has 0 aliphatic heterocycles. The maximum absolute atomic E-state index is 11.7. The Bertz CT molecular complexity index is 406. The van der Waals surface area contributed by atoms with Gasteiger partial charge in [0.1, 0.15) is 5.75 Å². The molecule has 0 heterocycles. The highest BCUT2D eigenvalue weighted by Crippen LogP contribution is 2.16. The Morgan fingerprint density at radius 3 is 2.70 bits per heavy atom. The van der Waals surface area contributed by atoms with E-state index in [9.17, 15) is 4.79 Å². The lowest BCUT2D eigenvalue weighted by Crippen LogP contribution is -2.32. The van der Waals surface area contributed by atoms with Gasteiger partial charge in [0.25, 0.3) is 0 Å². The van der Waals surface area contributed by atoms with E-state index in [1.54, 1.807) is 13.2 Å². The lowest BCUT2D eigenvalue weighted by atomic mass is 10.3. The third kappa shape index (κ3) is 5.93. The molecule has 0 fully saturated rings. The molecule has 5 nitrogen and oxygen atoms in total. The molecule has 2 amide bonds. The van der Waals surface area contributed by atoms with Gasteiger partial charge in [0.2, 0.25) is 0 Å². The number of nitrogens with zero attached hydrogens (tertiary/aromatic N) is 1. The first-order chi connectivity index (χ1) is 9.69. The van der Waals surface area contributed by atoms with E-state index in [0.29, 0.717) is 6.54 Å². The largest absolute Gasteiger partial charge is 0.497 e. The molecule has 2 N–H and O–H groups in total. The van der Waals surface area contributed by atoms with Gasteiger partial charge in [-0.2, -0.15) is 0 Å². The maximum Gasteiger partial charge on any atom is 0.319 e. The van der Waals surface area contributed by atoms with Crippen LogP contribution in [0.3, 0.4) is 0 Å². The molecule has 20 heavy (non-hydrogen) atoms. The SMILES string of the molecule is CCN(CC)CCCNC(=O)Nc1cccc(OC)c1. The van der Waals surface area contributed by atoms with Gasteiger partial charge in [-0.3, -0.25) is 0 Å². The summed E-state index contributed by atoms with van der Waals surface area (Å²) in [6, 6.07) is 7.12. The van der Waals surface area contributed by atoms with E-state index in [-0.39, 0.29) is 6.03 Å². The summed E-state index contributed by atoms with van der Waals surface area (Å²) < 4.78 is 5.11. The molecule has 1 rings (SSSR count). The van der Waals surface area contributed by atoms with Gasteiger partial charge in [-0.05, 0) is 38.2 Å². The van der Waals surface area contributed by atoms with E-state index in [1.165, 1.54) is 0 Å². The van der Waals surface area contributed by atoms with Crippen LogP contribution in [0.4, 0.5) is 10.5 Å². The van der Waals surface area contributed by atoms with Gasteiger partial charge in [-0.1, -0.05) is 19.9 Å². The summed E-state index contributed by atoms with van der Waals surface area (Å²) in [7, 11) is 1.60. The highest BCUT2D eigenvalue weighted by molar-refractivity contribution is 5.89. The topological polar surface area (TPSA) is 53.6 Å². The van der Waals surface area contributed by atoms with Crippen molar-refractivity contribution in [3.63, 3.8) is 0 Å². The fourth-order valence-corrected chi connectivity index (χ4v) is 1.92. The Hall–Kier alpha value is -1.75. The number of carbonyl (C=O) groups excluding carboxylic acids is 1. The minimum atomic E-state index is -0.183. The van der Waals surface area contributed by atoms with Crippen LogP contribution in [0.5, 0.6) is 5.75 Å². The van der Waals surface area contributed by atoms with Crippen LogP contribution in [0.1, 0.15) is 20.3 Å². The molecule has 0 spiro atoms. The number of urea groups is 1. The number of anilines is 1. The van der Waals surface area contributed by atoms with Crippen molar-refractivity contribution < 1.29 is 9.53 Å². The summed E-state index contributed by atoms with van der Waals surface area (Å²) in [5.41, 5.74) is 0.727. The number of benzene rings is 1. The molecule has 0 bridgehead atoms. The predicted molar refractivity (Wildman–Crippen MR) is 82.4 cm³/mol. The Balaban J connectivity index is 2.26. The molecule has 0 aliphatic rings. The monoisotopic (exact) mass is 279 g/mol. The summed E-state index contributed by atoms with van der Waals surface area (Å²) in [5, 5.41) is 5.64. The molecule has 0 saturated carbocycles. The van der Waals surface area contributed by atoms with Crippen molar-refractivity contribution in [2.45, 2.75) is 20.3 Å².